The fourth-order valence-electron chi connectivity index (χ4n) is 0.996. The van der Waals surface area contributed by atoms with Crippen molar-refractivity contribution in [3.8, 4) is 0 Å². The number of aromatic amines is 1. The van der Waals surface area contributed by atoms with Crippen LogP contribution in [0.4, 0.5) is 0 Å². The maximum absolute atomic E-state index is 11.1. The van der Waals surface area contributed by atoms with Gasteiger partial charge in [0.25, 0.3) is 5.56 Å². The van der Waals surface area contributed by atoms with Gasteiger partial charge in [0.1, 0.15) is 0 Å². The van der Waals surface area contributed by atoms with Gasteiger partial charge in [-0.05, 0) is 6.07 Å². The molecule has 0 spiro atoms. The summed E-state index contributed by atoms with van der Waals surface area (Å²) in [5.41, 5.74) is 6.07. The minimum Gasteiger partial charge on any atom is -0.383 e. The standard InChI is InChI=1S/C8H12N2O2/c1-12-5-7(9)6-3-2-4-10-8(6)11/h2-4,7H,5,9H2,1H3,(H,10,11)/t7-/m0/s1. The topological polar surface area (TPSA) is 68.1 Å². The molecule has 12 heavy (non-hydrogen) atoms. The highest BCUT2D eigenvalue weighted by Gasteiger charge is 2.07. The van der Waals surface area contributed by atoms with Crippen LogP contribution in [-0.4, -0.2) is 18.7 Å². The summed E-state index contributed by atoms with van der Waals surface area (Å²) in [5, 5.41) is 0. The maximum Gasteiger partial charge on any atom is 0.252 e. The third-order valence-electron chi connectivity index (χ3n) is 1.59. The zero-order valence-corrected chi connectivity index (χ0v) is 6.91. The van der Waals surface area contributed by atoms with Gasteiger partial charge in [0.05, 0.1) is 12.6 Å². The smallest absolute Gasteiger partial charge is 0.252 e. The van der Waals surface area contributed by atoms with Gasteiger partial charge in [-0.15, -0.1) is 0 Å². The number of methoxy groups -OCH3 is 1. The van der Waals surface area contributed by atoms with Crippen molar-refractivity contribution in [3.63, 3.8) is 0 Å². The summed E-state index contributed by atoms with van der Waals surface area (Å²) in [6, 6.07) is 3.09. The largest absolute Gasteiger partial charge is 0.383 e. The summed E-state index contributed by atoms with van der Waals surface area (Å²) < 4.78 is 4.84. The summed E-state index contributed by atoms with van der Waals surface area (Å²) in [6.45, 7) is 0.354. The van der Waals surface area contributed by atoms with Crippen molar-refractivity contribution >= 4 is 0 Å². The highest BCUT2D eigenvalue weighted by atomic mass is 16.5. The Bertz CT molecular complexity index is 295. The monoisotopic (exact) mass is 168 g/mol. The number of rotatable bonds is 3. The molecule has 4 nitrogen and oxygen atoms in total. The molecule has 0 aliphatic heterocycles. The first-order chi connectivity index (χ1) is 5.75. The van der Waals surface area contributed by atoms with Crippen LogP contribution in [0, 0.1) is 0 Å². The van der Waals surface area contributed by atoms with Crippen molar-refractivity contribution in [1.82, 2.24) is 4.98 Å². The second-order valence-electron chi connectivity index (χ2n) is 2.52. The van der Waals surface area contributed by atoms with Crippen molar-refractivity contribution in [3.05, 3.63) is 34.2 Å². The number of ether oxygens (including phenoxy) is 1. The van der Waals surface area contributed by atoms with Gasteiger partial charge in [-0.25, -0.2) is 0 Å². The molecule has 1 aromatic heterocycles. The van der Waals surface area contributed by atoms with E-state index < -0.39 is 0 Å². The molecule has 0 fully saturated rings. The number of pyridine rings is 1. The highest BCUT2D eigenvalue weighted by molar-refractivity contribution is 5.13. The lowest BCUT2D eigenvalue weighted by atomic mass is 10.1. The summed E-state index contributed by atoms with van der Waals surface area (Å²) in [4.78, 5) is 13.7. The van der Waals surface area contributed by atoms with Gasteiger partial charge in [-0.3, -0.25) is 4.79 Å². The SMILES string of the molecule is COC[C@H](N)c1ccc[nH]c1=O. The first kappa shape index (κ1) is 8.96. The second-order valence-corrected chi connectivity index (χ2v) is 2.52. The van der Waals surface area contributed by atoms with Crippen LogP contribution in [0.25, 0.3) is 0 Å². The van der Waals surface area contributed by atoms with E-state index in [1.807, 2.05) is 0 Å². The Morgan fingerprint density at radius 3 is 3.08 bits per heavy atom. The predicted molar refractivity (Wildman–Crippen MR) is 45.9 cm³/mol. The number of nitrogens with one attached hydrogen (secondary N) is 1. The molecule has 3 N–H and O–H groups in total. The van der Waals surface area contributed by atoms with E-state index in [0.29, 0.717) is 12.2 Å². The van der Waals surface area contributed by atoms with E-state index in [1.54, 1.807) is 25.4 Å². The Morgan fingerprint density at radius 2 is 2.50 bits per heavy atom. The molecular formula is C8H12N2O2. The van der Waals surface area contributed by atoms with Gasteiger partial charge in [-0.1, -0.05) is 6.07 Å². The minimum absolute atomic E-state index is 0.151. The third kappa shape index (κ3) is 1.93. The second kappa shape index (κ2) is 4.04. The van der Waals surface area contributed by atoms with Gasteiger partial charge < -0.3 is 15.5 Å². The third-order valence-corrected chi connectivity index (χ3v) is 1.59. The molecule has 0 aromatic carbocycles. The van der Waals surface area contributed by atoms with Crippen LogP contribution in [0.2, 0.25) is 0 Å². The molecule has 0 aliphatic carbocycles. The van der Waals surface area contributed by atoms with E-state index >= 15 is 0 Å². The Labute approximate surface area is 70.4 Å². The van der Waals surface area contributed by atoms with Crippen LogP contribution < -0.4 is 11.3 Å². The van der Waals surface area contributed by atoms with E-state index in [4.69, 9.17) is 10.5 Å². The minimum atomic E-state index is -0.347. The first-order valence-corrected chi connectivity index (χ1v) is 3.68. The molecule has 66 valence electrons. The molecule has 0 radical (unpaired) electrons. The molecule has 0 bridgehead atoms. The Morgan fingerprint density at radius 1 is 1.75 bits per heavy atom. The van der Waals surface area contributed by atoms with Gasteiger partial charge in [0.2, 0.25) is 0 Å². The molecular weight excluding hydrogens is 156 g/mol. The number of hydrogen-bond donors (Lipinski definition) is 2. The van der Waals surface area contributed by atoms with Gasteiger partial charge in [0.15, 0.2) is 0 Å². The van der Waals surface area contributed by atoms with Crippen LogP contribution in [0.3, 0.4) is 0 Å². The van der Waals surface area contributed by atoms with Crippen molar-refractivity contribution < 1.29 is 4.74 Å². The molecule has 1 rings (SSSR count). The number of nitrogens with two attached hydrogens (primary N) is 1. The predicted octanol–water partition coefficient (Wildman–Crippen LogP) is 0.0211. The summed E-state index contributed by atoms with van der Waals surface area (Å²) >= 11 is 0. The fraction of sp³-hybridized carbons (Fsp3) is 0.375. The highest BCUT2D eigenvalue weighted by Crippen LogP contribution is 2.02. The zero-order valence-electron chi connectivity index (χ0n) is 6.91. The van der Waals surface area contributed by atoms with E-state index in [-0.39, 0.29) is 11.6 Å². The molecule has 1 heterocycles. The summed E-state index contributed by atoms with van der Waals surface area (Å²) in [5.74, 6) is 0. The fourth-order valence-corrected chi connectivity index (χ4v) is 0.996. The molecule has 0 amide bonds. The lowest BCUT2D eigenvalue weighted by Gasteiger charge is -2.08. The number of aromatic nitrogens is 1. The normalized spacial score (nSPS) is 12.8. The van der Waals surface area contributed by atoms with Crippen LogP contribution in [0.5, 0.6) is 0 Å². The van der Waals surface area contributed by atoms with E-state index in [0.717, 1.165) is 0 Å². The van der Waals surface area contributed by atoms with Crippen LogP contribution in [-0.2, 0) is 4.74 Å². The molecule has 0 saturated carbocycles. The van der Waals surface area contributed by atoms with Crippen LogP contribution in [0.1, 0.15) is 11.6 Å². The molecule has 4 heteroatoms. The van der Waals surface area contributed by atoms with Crippen molar-refractivity contribution in [2.45, 2.75) is 6.04 Å². The van der Waals surface area contributed by atoms with Crippen LogP contribution in [0.15, 0.2) is 23.1 Å². The average molecular weight is 168 g/mol. The van der Waals surface area contributed by atoms with Gasteiger partial charge in [0, 0.05) is 18.9 Å². The molecule has 0 saturated heterocycles. The van der Waals surface area contributed by atoms with Crippen LogP contribution >= 0.6 is 0 Å². The van der Waals surface area contributed by atoms with E-state index in [1.165, 1.54) is 0 Å². The average Bonchev–Trinajstić information content (AvgIpc) is 2.05. The van der Waals surface area contributed by atoms with Gasteiger partial charge in [-0.2, -0.15) is 0 Å². The maximum atomic E-state index is 11.1. The quantitative estimate of drug-likeness (QED) is 0.668. The van der Waals surface area contributed by atoms with E-state index in [2.05, 4.69) is 4.98 Å². The number of hydrogen-bond acceptors (Lipinski definition) is 3. The molecule has 1 aromatic rings. The van der Waals surface area contributed by atoms with Crippen molar-refractivity contribution in [2.75, 3.05) is 13.7 Å². The van der Waals surface area contributed by atoms with E-state index in [9.17, 15) is 4.79 Å². The lowest BCUT2D eigenvalue weighted by molar-refractivity contribution is 0.180. The first-order valence-electron chi connectivity index (χ1n) is 3.68. The molecule has 1 atom stereocenters. The van der Waals surface area contributed by atoms with Crippen molar-refractivity contribution in [2.24, 2.45) is 5.73 Å². The van der Waals surface area contributed by atoms with Crippen molar-refractivity contribution in [1.29, 1.82) is 0 Å². The lowest BCUT2D eigenvalue weighted by Crippen LogP contribution is -2.24. The summed E-state index contributed by atoms with van der Waals surface area (Å²) in [7, 11) is 1.55. The Kier molecular flexibility index (Phi) is 3.01. The Hall–Kier alpha value is -1.13. The Balaban J connectivity index is 2.87. The number of H-pyrrole nitrogens is 1. The summed E-state index contributed by atoms with van der Waals surface area (Å²) in [6.07, 6.45) is 1.57. The zero-order chi connectivity index (χ0) is 8.97. The molecule has 0 aliphatic rings. The van der Waals surface area contributed by atoms with Gasteiger partial charge >= 0.3 is 0 Å². The molecule has 0 unspecified atom stereocenters.